The number of piperazine rings is 1. The van der Waals surface area contributed by atoms with Crippen molar-refractivity contribution in [2.75, 3.05) is 26.2 Å². The number of nitrogens with one attached hydrogen (secondary N) is 1. The van der Waals surface area contributed by atoms with E-state index >= 15 is 0 Å². The highest BCUT2D eigenvalue weighted by atomic mass is 15.2. The summed E-state index contributed by atoms with van der Waals surface area (Å²) in [6, 6.07) is 2.45. The topological polar surface area (TPSA) is 39.1 Å². The van der Waals surface area contributed by atoms with Crippen molar-refractivity contribution in [2.24, 2.45) is 5.92 Å². The van der Waals surface area contributed by atoms with E-state index in [9.17, 15) is 0 Å². The first-order valence-electron chi connectivity index (χ1n) is 5.62. The van der Waals surface area contributed by atoms with Gasteiger partial charge in [0.05, 0.1) is 6.07 Å². The molecule has 0 saturated carbocycles. The molecule has 3 heteroatoms. The fourth-order valence-electron chi connectivity index (χ4n) is 2.08. The molecule has 1 fully saturated rings. The van der Waals surface area contributed by atoms with Gasteiger partial charge >= 0.3 is 0 Å². The monoisotopic (exact) mass is 195 g/mol. The summed E-state index contributed by atoms with van der Waals surface area (Å²) >= 11 is 0. The number of hydrogen-bond acceptors (Lipinski definition) is 3. The van der Waals surface area contributed by atoms with Crippen LogP contribution >= 0.6 is 0 Å². The molecule has 0 aromatic carbocycles. The Morgan fingerprint density at radius 3 is 3.07 bits per heavy atom. The van der Waals surface area contributed by atoms with E-state index in [0.29, 0.717) is 5.92 Å². The lowest BCUT2D eigenvalue weighted by Gasteiger charge is -2.33. The van der Waals surface area contributed by atoms with Gasteiger partial charge in [-0.05, 0) is 12.3 Å². The maximum atomic E-state index is 8.97. The lowest BCUT2D eigenvalue weighted by atomic mass is 10.0. The Hall–Kier alpha value is -0.590. The molecule has 0 bridgehead atoms. The van der Waals surface area contributed by atoms with Crippen molar-refractivity contribution in [3.05, 3.63) is 0 Å². The molecular formula is C11H21N3. The molecule has 0 radical (unpaired) electrons. The molecule has 0 aromatic heterocycles. The summed E-state index contributed by atoms with van der Waals surface area (Å²) in [7, 11) is 0. The Morgan fingerprint density at radius 2 is 2.43 bits per heavy atom. The van der Waals surface area contributed by atoms with Crippen LogP contribution in [0.1, 0.15) is 26.7 Å². The molecule has 0 amide bonds. The minimum atomic E-state index is 0.0862. The van der Waals surface area contributed by atoms with Crippen molar-refractivity contribution < 1.29 is 0 Å². The maximum absolute atomic E-state index is 8.97. The van der Waals surface area contributed by atoms with Crippen LogP contribution in [0.15, 0.2) is 0 Å². The molecule has 80 valence electrons. The van der Waals surface area contributed by atoms with Crippen molar-refractivity contribution >= 4 is 0 Å². The van der Waals surface area contributed by atoms with Crippen molar-refractivity contribution in [2.45, 2.75) is 32.7 Å². The number of hydrogen-bond donors (Lipinski definition) is 1. The van der Waals surface area contributed by atoms with Gasteiger partial charge < -0.3 is 5.32 Å². The summed E-state index contributed by atoms with van der Waals surface area (Å²) in [5, 5.41) is 12.2. The van der Waals surface area contributed by atoms with Crippen LogP contribution in [0.5, 0.6) is 0 Å². The average Bonchev–Trinajstić information content (AvgIpc) is 2.19. The van der Waals surface area contributed by atoms with Gasteiger partial charge in [-0.15, -0.1) is 0 Å². The molecular weight excluding hydrogens is 174 g/mol. The fraction of sp³-hybridized carbons (Fsp3) is 0.909. The molecule has 1 aliphatic heterocycles. The van der Waals surface area contributed by atoms with Crippen molar-refractivity contribution in [1.82, 2.24) is 10.2 Å². The highest BCUT2D eigenvalue weighted by Gasteiger charge is 2.22. The van der Waals surface area contributed by atoms with Gasteiger partial charge in [0.25, 0.3) is 0 Å². The molecule has 3 nitrogen and oxygen atoms in total. The van der Waals surface area contributed by atoms with Gasteiger partial charge in [-0.3, -0.25) is 4.90 Å². The first-order chi connectivity index (χ1) is 6.77. The Kier molecular flexibility index (Phi) is 4.92. The molecule has 1 heterocycles. The minimum Gasteiger partial charge on any atom is -0.313 e. The summed E-state index contributed by atoms with van der Waals surface area (Å²) in [6.07, 6.45) is 2.51. The van der Waals surface area contributed by atoms with Crippen molar-refractivity contribution in [3.8, 4) is 6.07 Å². The van der Waals surface area contributed by atoms with Gasteiger partial charge in [0.2, 0.25) is 0 Å². The zero-order valence-corrected chi connectivity index (χ0v) is 9.29. The van der Waals surface area contributed by atoms with E-state index in [2.05, 4.69) is 30.1 Å². The largest absolute Gasteiger partial charge is 0.313 e. The smallest absolute Gasteiger partial charge is 0.110 e. The number of nitrogens with zero attached hydrogens (tertiary/aromatic N) is 2. The van der Waals surface area contributed by atoms with E-state index in [1.165, 1.54) is 12.8 Å². The van der Waals surface area contributed by atoms with Gasteiger partial charge in [-0.25, -0.2) is 0 Å². The Bertz CT molecular complexity index is 197. The average molecular weight is 195 g/mol. The summed E-state index contributed by atoms with van der Waals surface area (Å²) in [5.41, 5.74) is 0. The van der Waals surface area contributed by atoms with Crippen LogP contribution in [0, 0.1) is 17.2 Å². The molecule has 1 saturated heterocycles. The first kappa shape index (κ1) is 11.5. The predicted octanol–water partition coefficient (Wildman–Crippen LogP) is 1.22. The van der Waals surface area contributed by atoms with Crippen LogP contribution in [0.4, 0.5) is 0 Å². The lowest BCUT2D eigenvalue weighted by molar-refractivity contribution is 0.169. The van der Waals surface area contributed by atoms with Gasteiger partial charge in [0, 0.05) is 26.2 Å². The highest BCUT2D eigenvalue weighted by molar-refractivity contribution is 4.96. The summed E-state index contributed by atoms with van der Waals surface area (Å²) in [6.45, 7) is 8.45. The van der Waals surface area contributed by atoms with Crippen LogP contribution in [-0.2, 0) is 0 Å². The predicted molar refractivity (Wildman–Crippen MR) is 57.9 cm³/mol. The molecule has 14 heavy (non-hydrogen) atoms. The summed E-state index contributed by atoms with van der Waals surface area (Å²) in [5.74, 6) is 0.717. The first-order valence-corrected chi connectivity index (χ1v) is 5.62. The van der Waals surface area contributed by atoms with Gasteiger partial charge in [0.15, 0.2) is 0 Å². The van der Waals surface area contributed by atoms with E-state index in [0.717, 1.165) is 26.2 Å². The second-order valence-electron chi connectivity index (χ2n) is 4.24. The molecule has 2 atom stereocenters. The van der Waals surface area contributed by atoms with E-state index in [1.807, 2.05) is 0 Å². The Balaban J connectivity index is 2.37. The zero-order chi connectivity index (χ0) is 10.4. The van der Waals surface area contributed by atoms with Gasteiger partial charge in [-0.1, -0.05) is 20.3 Å². The molecule has 0 aromatic rings. The van der Waals surface area contributed by atoms with E-state index in [-0.39, 0.29) is 6.04 Å². The lowest BCUT2D eigenvalue weighted by Crippen LogP contribution is -2.51. The molecule has 2 unspecified atom stereocenters. The van der Waals surface area contributed by atoms with Crippen LogP contribution in [-0.4, -0.2) is 37.1 Å². The third kappa shape index (κ3) is 3.28. The standard InChI is InChI=1S/C11H21N3/c1-3-4-10(2)9-14-6-5-13-8-11(14)7-12/h10-11,13H,3-6,8-9H2,1-2H3. The van der Waals surface area contributed by atoms with Crippen LogP contribution < -0.4 is 5.32 Å². The Morgan fingerprint density at radius 1 is 1.64 bits per heavy atom. The van der Waals surface area contributed by atoms with Crippen LogP contribution in [0.3, 0.4) is 0 Å². The molecule has 1 N–H and O–H groups in total. The molecule has 1 rings (SSSR count). The minimum absolute atomic E-state index is 0.0862. The summed E-state index contributed by atoms with van der Waals surface area (Å²) < 4.78 is 0. The van der Waals surface area contributed by atoms with E-state index in [4.69, 9.17) is 5.26 Å². The van der Waals surface area contributed by atoms with E-state index in [1.54, 1.807) is 0 Å². The highest BCUT2D eigenvalue weighted by Crippen LogP contribution is 2.11. The van der Waals surface area contributed by atoms with Crippen LogP contribution in [0.25, 0.3) is 0 Å². The SMILES string of the molecule is CCCC(C)CN1CCNCC1C#N. The normalized spacial score (nSPS) is 25.6. The quantitative estimate of drug-likeness (QED) is 0.733. The maximum Gasteiger partial charge on any atom is 0.110 e. The van der Waals surface area contributed by atoms with Gasteiger partial charge in [0.1, 0.15) is 6.04 Å². The van der Waals surface area contributed by atoms with Crippen LogP contribution in [0.2, 0.25) is 0 Å². The fourth-order valence-corrected chi connectivity index (χ4v) is 2.08. The third-order valence-electron chi connectivity index (χ3n) is 2.83. The second-order valence-corrected chi connectivity index (χ2v) is 4.24. The van der Waals surface area contributed by atoms with Gasteiger partial charge in [-0.2, -0.15) is 5.26 Å². The molecule has 0 aliphatic carbocycles. The van der Waals surface area contributed by atoms with E-state index < -0.39 is 0 Å². The summed E-state index contributed by atoms with van der Waals surface area (Å²) in [4.78, 5) is 2.32. The number of nitriles is 1. The van der Waals surface area contributed by atoms with Crippen molar-refractivity contribution in [3.63, 3.8) is 0 Å². The third-order valence-corrected chi connectivity index (χ3v) is 2.83. The molecule has 0 spiro atoms. The number of rotatable bonds is 4. The second kappa shape index (κ2) is 6.00. The van der Waals surface area contributed by atoms with Crippen molar-refractivity contribution in [1.29, 1.82) is 5.26 Å². The zero-order valence-electron chi connectivity index (χ0n) is 9.29. The molecule has 1 aliphatic rings. The Labute approximate surface area is 87.1 Å².